The average molecular weight is 331 g/mol. The van der Waals surface area contributed by atoms with Gasteiger partial charge in [0.1, 0.15) is 5.60 Å². The van der Waals surface area contributed by atoms with Crippen molar-refractivity contribution in [3.63, 3.8) is 0 Å². The molecule has 1 N–H and O–H groups in total. The SMILES string of the molecule is CC(C)(C)OC(=O)NCc1ccc(Br)n1C(C)(C)C. The molecule has 1 heterocycles. The number of halogens is 1. The van der Waals surface area contributed by atoms with Crippen LogP contribution in [0, 0.1) is 0 Å². The summed E-state index contributed by atoms with van der Waals surface area (Å²) in [6, 6.07) is 3.98. The molecule has 19 heavy (non-hydrogen) atoms. The number of hydrogen-bond donors (Lipinski definition) is 1. The predicted molar refractivity (Wildman–Crippen MR) is 80.2 cm³/mol. The van der Waals surface area contributed by atoms with Crippen molar-refractivity contribution in [1.82, 2.24) is 9.88 Å². The van der Waals surface area contributed by atoms with Gasteiger partial charge >= 0.3 is 6.09 Å². The van der Waals surface area contributed by atoms with Gasteiger partial charge in [-0.05, 0) is 69.6 Å². The van der Waals surface area contributed by atoms with Crippen molar-refractivity contribution in [1.29, 1.82) is 0 Å². The number of ether oxygens (including phenoxy) is 1. The highest BCUT2D eigenvalue weighted by atomic mass is 79.9. The summed E-state index contributed by atoms with van der Waals surface area (Å²) < 4.78 is 8.36. The van der Waals surface area contributed by atoms with Crippen molar-refractivity contribution in [2.75, 3.05) is 0 Å². The van der Waals surface area contributed by atoms with E-state index < -0.39 is 11.7 Å². The quantitative estimate of drug-likeness (QED) is 0.889. The van der Waals surface area contributed by atoms with E-state index in [0.29, 0.717) is 6.54 Å². The van der Waals surface area contributed by atoms with Gasteiger partial charge < -0.3 is 14.6 Å². The number of carbonyl (C=O) groups is 1. The predicted octanol–water partition coefficient (Wildman–Crippen LogP) is 4.03. The number of nitrogens with one attached hydrogen (secondary N) is 1. The Morgan fingerprint density at radius 1 is 1.26 bits per heavy atom. The second-order valence-electron chi connectivity index (χ2n) is 6.51. The van der Waals surface area contributed by atoms with Crippen LogP contribution in [0.5, 0.6) is 0 Å². The lowest BCUT2D eigenvalue weighted by molar-refractivity contribution is 0.0521. The first-order valence-corrected chi connectivity index (χ1v) is 7.13. The van der Waals surface area contributed by atoms with Gasteiger partial charge in [-0.2, -0.15) is 0 Å². The molecule has 1 amide bonds. The zero-order valence-electron chi connectivity index (χ0n) is 12.5. The van der Waals surface area contributed by atoms with Gasteiger partial charge in [-0.15, -0.1) is 0 Å². The third-order valence-corrected chi connectivity index (χ3v) is 3.02. The van der Waals surface area contributed by atoms with Crippen LogP contribution in [-0.4, -0.2) is 16.3 Å². The van der Waals surface area contributed by atoms with Gasteiger partial charge in [-0.3, -0.25) is 0 Å². The fourth-order valence-electron chi connectivity index (χ4n) is 1.82. The lowest BCUT2D eigenvalue weighted by Crippen LogP contribution is -2.33. The van der Waals surface area contributed by atoms with Gasteiger partial charge in [0.05, 0.1) is 11.1 Å². The Bertz CT molecular complexity index is 453. The summed E-state index contributed by atoms with van der Waals surface area (Å²) in [6.07, 6.45) is -0.398. The second-order valence-corrected chi connectivity index (χ2v) is 7.32. The van der Waals surface area contributed by atoms with Gasteiger partial charge in [0, 0.05) is 11.2 Å². The molecule has 0 atom stereocenters. The number of hydrogen-bond acceptors (Lipinski definition) is 2. The third-order valence-electron chi connectivity index (χ3n) is 2.40. The van der Waals surface area contributed by atoms with Crippen molar-refractivity contribution in [2.45, 2.75) is 59.2 Å². The zero-order valence-corrected chi connectivity index (χ0v) is 14.1. The summed E-state index contributed by atoms with van der Waals surface area (Å²) in [5, 5.41) is 2.78. The second kappa shape index (κ2) is 5.57. The number of alkyl carbamates (subject to hydrolysis) is 1. The van der Waals surface area contributed by atoms with Crippen LogP contribution in [0.2, 0.25) is 0 Å². The number of aromatic nitrogens is 1. The van der Waals surface area contributed by atoms with Crippen molar-refractivity contribution in [2.24, 2.45) is 0 Å². The Hall–Kier alpha value is -0.970. The molecule has 0 aromatic carbocycles. The Morgan fingerprint density at radius 3 is 2.32 bits per heavy atom. The van der Waals surface area contributed by atoms with E-state index in [-0.39, 0.29) is 5.54 Å². The molecule has 5 heteroatoms. The molecule has 0 aliphatic rings. The van der Waals surface area contributed by atoms with Crippen LogP contribution in [0.1, 0.15) is 47.2 Å². The van der Waals surface area contributed by atoms with Gasteiger partial charge in [0.25, 0.3) is 0 Å². The monoisotopic (exact) mass is 330 g/mol. The van der Waals surface area contributed by atoms with E-state index in [0.717, 1.165) is 10.3 Å². The highest BCUT2D eigenvalue weighted by molar-refractivity contribution is 9.10. The summed E-state index contributed by atoms with van der Waals surface area (Å²) in [5.74, 6) is 0. The zero-order chi connectivity index (χ0) is 14.8. The summed E-state index contributed by atoms with van der Waals surface area (Å²) >= 11 is 3.53. The molecule has 0 aliphatic heterocycles. The molecule has 0 bridgehead atoms. The highest BCUT2D eigenvalue weighted by Gasteiger charge is 2.20. The minimum Gasteiger partial charge on any atom is -0.444 e. The minimum absolute atomic E-state index is 0.0483. The van der Waals surface area contributed by atoms with E-state index in [1.54, 1.807) is 0 Å². The molecule has 1 aromatic heterocycles. The van der Waals surface area contributed by atoms with Gasteiger partial charge in [-0.25, -0.2) is 4.79 Å². The number of carbonyl (C=O) groups excluding carboxylic acids is 1. The molecule has 0 saturated heterocycles. The molecule has 0 aliphatic carbocycles. The van der Waals surface area contributed by atoms with Crippen LogP contribution in [0.15, 0.2) is 16.7 Å². The van der Waals surface area contributed by atoms with E-state index in [1.807, 2.05) is 32.9 Å². The minimum atomic E-state index is -0.476. The van der Waals surface area contributed by atoms with Crippen molar-refractivity contribution in [3.8, 4) is 0 Å². The van der Waals surface area contributed by atoms with Crippen molar-refractivity contribution < 1.29 is 9.53 Å². The number of rotatable bonds is 2. The summed E-state index contributed by atoms with van der Waals surface area (Å²) in [4.78, 5) is 11.6. The topological polar surface area (TPSA) is 43.3 Å². The normalized spacial score (nSPS) is 12.4. The van der Waals surface area contributed by atoms with Crippen LogP contribution in [0.4, 0.5) is 4.79 Å². The summed E-state index contributed by atoms with van der Waals surface area (Å²) in [6.45, 7) is 12.3. The van der Waals surface area contributed by atoms with Crippen LogP contribution >= 0.6 is 15.9 Å². The lowest BCUT2D eigenvalue weighted by Gasteiger charge is -2.26. The Balaban J connectivity index is 2.72. The molecule has 1 aromatic rings. The first-order chi connectivity index (χ1) is 8.50. The largest absolute Gasteiger partial charge is 0.444 e. The van der Waals surface area contributed by atoms with Gasteiger partial charge in [0.2, 0.25) is 0 Å². The van der Waals surface area contributed by atoms with Crippen LogP contribution in [-0.2, 0) is 16.8 Å². The molecule has 0 spiro atoms. The fourth-order valence-corrected chi connectivity index (χ4v) is 2.71. The Kier molecular flexibility index (Phi) is 4.72. The Labute approximate surface area is 123 Å². The number of nitrogens with zero attached hydrogens (tertiary/aromatic N) is 1. The third kappa shape index (κ3) is 4.90. The molecular weight excluding hydrogens is 308 g/mol. The van der Waals surface area contributed by atoms with Gasteiger partial charge in [-0.1, -0.05) is 0 Å². The summed E-state index contributed by atoms with van der Waals surface area (Å²) in [7, 11) is 0. The van der Waals surface area contributed by atoms with Crippen LogP contribution < -0.4 is 5.32 Å². The maximum Gasteiger partial charge on any atom is 0.407 e. The molecule has 0 saturated carbocycles. The highest BCUT2D eigenvalue weighted by Crippen LogP contribution is 2.25. The Morgan fingerprint density at radius 2 is 1.84 bits per heavy atom. The van der Waals surface area contributed by atoms with E-state index in [2.05, 4.69) is 46.6 Å². The molecular formula is C14H23BrN2O2. The van der Waals surface area contributed by atoms with Crippen LogP contribution in [0.25, 0.3) is 0 Å². The number of amides is 1. The molecule has 1 rings (SSSR count). The van der Waals surface area contributed by atoms with E-state index in [4.69, 9.17) is 4.74 Å². The van der Waals surface area contributed by atoms with Crippen molar-refractivity contribution >= 4 is 22.0 Å². The molecule has 4 nitrogen and oxygen atoms in total. The molecule has 0 radical (unpaired) electrons. The van der Waals surface area contributed by atoms with E-state index >= 15 is 0 Å². The van der Waals surface area contributed by atoms with Gasteiger partial charge in [0.15, 0.2) is 0 Å². The van der Waals surface area contributed by atoms with E-state index in [9.17, 15) is 4.79 Å². The molecule has 0 unspecified atom stereocenters. The summed E-state index contributed by atoms with van der Waals surface area (Å²) in [5.41, 5.74) is 0.509. The molecule has 108 valence electrons. The first kappa shape index (κ1) is 16.1. The maximum absolute atomic E-state index is 11.6. The average Bonchev–Trinajstić information content (AvgIpc) is 2.53. The standard InChI is InChI=1S/C14H23BrN2O2/c1-13(2,3)17-10(7-8-11(17)15)9-16-12(18)19-14(4,5)6/h7-8H,9H2,1-6H3,(H,16,18). The lowest BCUT2D eigenvalue weighted by atomic mass is 10.1. The smallest absolute Gasteiger partial charge is 0.407 e. The molecule has 0 fully saturated rings. The van der Waals surface area contributed by atoms with Crippen LogP contribution in [0.3, 0.4) is 0 Å². The maximum atomic E-state index is 11.6. The van der Waals surface area contributed by atoms with E-state index in [1.165, 1.54) is 0 Å². The van der Waals surface area contributed by atoms with Crippen molar-refractivity contribution in [3.05, 3.63) is 22.4 Å². The first-order valence-electron chi connectivity index (χ1n) is 6.34. The fraction of sp³-hybridized carbons (Fsp3) is 0.643.